The van der Waals surface area contributed by atoms with Crippen molar-refractivity contribution >= 4 is 17.4 Å². The van der Waals surface area contributed by atoms with Gasteiger partial charge in [-0.05, 0) is 48.4 Å². The minimum absolute atomic E-state index is 0.250. The van der Waals surface area contributed by atoms with E-state index in [9.17, 15) is 9.18 Å². The summed E-state index contributed by atoms with van der Waals surface area (Å²) in [5.41, 5.74) is 1.98. The summed E-state index contributed by atoms with van der Waals surface area (Å²) in [6.45, 7) is 0.469. The van der Waals surface area contributed by atoms with Gasteiger partial charge in [-0.25, -0.2) is 14.4 Å². The molecule has 2 N–H and O–H groups in total. The summed E-state index contributed by atoms with van der Waals surface area (Å²) in [5.74, 6) is 0.627. The average molecular weight is 366 g/mol. The Bertz CT molecular complexity index is 916. The van der Waals surface area contributed by atoms with Crippen molar-refractivity contribution in [1.29, 1.82) is 0 Å². The van der Waals surface area contributed by atoms with Gasteiger partial charge < -0.3 is 15.4 Å². The highest BCUT2D eigenvalue weighted by molar-refractivity contribution is 5.92. The summed E-state index contributed by atoms with van der Waals surface area (Å²) in [5, 5.41) is 5.85. The van der Waals surface area contributed by atoms with Gasteiger partial charge in [0.1, 0.15) is 29.4 Å². The first-order valence-electron chi connectivity index (χ1n) is 8.40. The zero-order chi connectivity index (χ0) is 19.1. The highest BCUT2D eigenvalue weighted by atomic mass is 19.1. The lowest BCUT2D eigenvalue weighted by molar-refractivity contribution is 0.0949. The Morgan fingerprint density at radius 3 is 2.70 bits per heavy atom. The highest BCUT2D eigenvalue weighted by Gasteiger charge is 2.09. The van der Waals surface area contributed by atoms with Gasteiger partial charge in [-0.3, -0.25) is 4.79 Å². The Morgan fingerprint density at radius 1 is 1.11 bits per heavy atom. The van der Waals surface area contributed by atoms with Crippen molar-refractivity contribution in [3.05, 3.63) is 78.0 Å². The number of nitrogens with zero attached hydrogens (tertiary/aromatic N) is 2. The number of amides is 1. The molecular formula is C20H19FN4O2. The second kappa shape index (κ2) is 8.75. The predicted octanol–water partition coefficient (Wildman–Crippen LogP) is 3.34. The SMILES string of the molecule is COc1cccc(CCNC(=O)c2cc(Nc3ccc(F)cc3)ncn2)c1. The third-order valence-corrected chi connectivity index (χ3v) is 3.85. The van der Waals surface area contributed by atoms with Gasteiger partial charge in [0.25, 0.3) is 5.91 Å². The molecule has 1 heterocycles. The van der Waals surface area contributed by atoms with Gasteiger partial charge in [0.2, 0.25) is 0 Å². The first-order chi connectivity index (χ1) is 13.1. The van der Waals surface area contributed by atoms with Crippen LogP contribution >= 0.6 is 0 Å². The number of aromatic nitrogens is 2. The van der Waals surface area contributed by atoms with Crippen molar-refractivity contribution in [3.63, 3.8) is 0 Å². The molecule has 0 atom stereocenters. The Balaban J connectivity index is 1.57. The molecule has 7 heteroatoms. The van der Waals surface area contributed by atoms with E-state index in [1.807, 2.05) is 24.3 Å². The van der Waals surface area contributed by atoms with Crippen molar-refractivity contribution in [2.45, 2.75) is 6.42 Å². The number of methoxy groups -OCH3 is 1. The highest BCUT2D eigenvalue weighted by Crippen LogP contribution is 2.15. The molecule has 1 aromatic heterocycles. The Kier molecular flexibility index (Phi) is 5.94. The van der Waals surface area contributed by atoms with Crippen LogP contribution in [0.2, 0.25) is 0 Å². The molecule has 0 aliphatic rings. The van der Waals surface area contributed by atoms with Crippen molar-refractivity contribution in [3.8, 4) is 5.75 Å². The van der Waals surface area contributed by atoms with Gasteiger partial charge in [0.05, 0.1) is 7.11 Å². The molecule has 0 aliphatic carbocycles. The fraction of sp³-hybridized carbons (Fsp3) is 0.150. The number of carbonyl (C=O) groups is 1. The quantitative estimate of drug-likeness (QED) is 0.671. The van der Waals surface area contributed by atoms with E-state index in [0.717, 1.165) is 11.3 Å². The van der Waals surface area contributed by atoms with Gasteiger partial charge in [-0.1, -0.05) is 12.1 Å². The molecule has 3 aromatic rings. The Labute approximate surface area is 156 Å². The number of benzene rings is 2. The number of nitrogens with one attached hydrogen (secondary N) is 2. The molecule has 3 rings (SSSR count). The molecule has 0 spiro atoms. The maximum Gasteiger partial charge on any atom is 0.270 e. The number of halogens is 1. The van der Waals surface area contributed by atoms with E-state index >= 15 is 0 Å². The van der Waals surface area contributed by atoms with Crippen LogP contribution in [-0.4, -0.2) is 29.5 Å². The third-order valence-electron chi connectivity index (χ3n) is 3.85. The zero-order valence-electron chi connectivity index (χ0n) is 14.8. The van der Waals surface area contributed by atoms with Gasteiger partial charge in [-0.15, -0.1) is 0 Å². The molecule has 6 nitrogen and oxygen atoms in total. The lowest BCUT2D eigenvalue weighted by Gasteiger charge is -2.08. The molecule has 138 valence electrons. The van der Waals surface area contributed by atoms with Crippen LogP contribution in [0.3, 0.4) is 0 Å². The van der Waals surface area contributed by atoms with E-state index < -0.39 is 0 Å². The zero-order valence-corrected chi connectivity index (χ0v) is 14.8. The number of carbonyl (C=O) groups excluding carboxylic acids is 1. The summed E-state index contributed by atoms with van der Waals surface area (Å²) in [4.78, 5) is 20.4. The maximum atomic E-state index is 13.0. The fourth-order valence-electron chi connectivity index (χ4n) is 2.47. The first-order valence-corrected chi connectivity index (χ1v) is 8.40. The van der Waals surface area contributed by atoms with E-state index in [0.29, 0.717) is 24.5 Å². The Hall–Kier alpha value is -3.48. The molecule has 1 amide bonds. The van der Waals surface area contributed by atoms with Gasteiger partial charge in [-0.2, -0.15) is 0 Å². The number of anilines is 2. The number of hydrogen-bond acceptors (Lipinski definition) is 5. The summed E-state index contributed by atoms with van der Waals surface area (Å²) in [6, 6.07) is 15.1. The normalized spacial score (nSPS) is 10.3. The number of rotatable bonds is 7. The van der Waals surface area contributed by atoms with Gasteiger partial charge in [0.15, 0.2) is 0 Å². The molecular weight excluding hydrogens is 347 g/mol. The summed E-state index contributed by atoms with van der Waals surface area (Å²) < 4.78 is 18.2. The molecule has 0 bridgehead atoms. The van der Waals surface area contributed by atoms with Crippen LogP contribution in [0.5, 0.6) is 5.75 Å². The van der Waals surface area contributed by atoms with E-state index in [-0.39, 0.29) is 17.4 Å². The maximum absolute atomic E-state index is 13.0. The van der Waals surface area contributed by atoms with E-state index in [1.165, 1.54) is 18.5 Å². The van der Waals surface area contributed by atoms with Crippen LogP contribution in [0.1, 0.15) is 16.1 Å². The molecule has 0 saturated heterocycles. The molecule has 27 heavy (non-hydrogen) atoms. The second-order valence-corrected chi connectivity index (χ2v) is 5.78. The van der Waals surface area contributed by atoms with E-state index in [4.69, 9.17) is 4.74 Å². The van der Waals surface area contributed by atoms with Crippen LogP contribution in [0, 0.1) is 5.82 Å². The monoisotopic (exact) mass is 366 g/mol. The summed E-state index contributed by atoms with van der Waals surface area (Å²) in [6.07, 6.45) is 1.98. The Morgan fingerprint density at radius 2 is 1.93 bits per heavy atom. The van der Waals surface area contributed by atoms with Crippen LogP contribution in [0.15, 0.2) is 60.9 Å². The molecule has 2 aromatic carbocycles. The van der Waals surface area contributed by atoms with Crippen molar-refractivity contribution in [2.24, 2.45) is 0 Å². The third kappa shape index (κ3) is 5.24. The fourth-order valence-corrected chi connectivity index (χ4v) is 2.47. The topological polar surface area (TPSA) is 76.1 Å². The van der Waals surface area contributed by atoms with Crippen molar-refractivity contribution < 1.29 is 13.9 Å². The number of hydrogen-bond donors (Lipinski definition) is 2. The molecule has 0 saturated carbocycles. The predicted molar refractivity (Wildman–Crippen MR) is 101 cm³/mol. The van der Waals surface area contributed by atoms with Crippen molar-refractivity contribution in [1.82, 2.24) is 15.3 Å². The van der Waals surface area contributed by atoms with Crippen LogP contribution in [-0.2, 0) is 6.42 Å². The van der Waals surface area contributed by atoms with Crippen molar-refractivity contribution in [2.75, 3.05) is 19.0 Å². The van der Waals surface area contributed by atoms with E-state index in [2.05, 4.69) is 20.6 Å². The standard InChI is InChI=1S/C20H19FN4O2/c1-27-17-4-2-3-14(11-17)9-10-22-20(26)18-12-19(24-13-23-18)25-16-7-5-15(21)6-8-16/h2-8,11-13H,9-10H2,1H3,(H,22,26)(H,23,24,25). The van der Waals surface area contributed by atoms with Crippen LogP contribution in [0.4, 0.5) is 15.9 Å². The van der Waals surface area contributed by atoms with E-state index in [1.54, 1.807) is 25.3 Å². The first kappa shape index (κ1) is 18.3. The molecule has 0 unspecified atom stereocenters. The lowest BCUT2D eigenvalue weighted by Crippen LogP contribution is -2.26. The molecule has 0 fully saturated rings. The molecule has 0 aliphatic heterocycles. The average Bonchev–Trinajstić information content (AvgIpc) is 2.70. The molecule has 0 radical (unpaired) electrons. The van der Waals surface area contributed by atoms with Crippen LogP contribution < -0.4 is 15.4 Å². The second-order valence-electron chi connectivity index (χ2n) is 5.78. The van der Waals surface area contributed by atoms with Crippen LogP contribution in [0.25, 0.3) is 0 Å². The minimum Gasteiger partial charge on any atom is -0.497 e. The summed E-state index contributed by atoms with van der Waals surface area (Å²) >= 11 is 0. The minimum atomic E-state index is -0.320. The largest absolute Gasteiger partial charge is 0.497 e. The smallest absolute Gasteiger partial charge is 0.270 e. The van der Waals surface area contributed by atoms with Gasteiger partial charge in [0, 0.05) is 18.3 Å². The lowest BCUT2D eigenvalue weighted by atomic mass is 10.1. The van der Waals surface area contributed by atoms with Gasteiger partial charge >= 0.3 is 0 Å². The summed E-state index contributed by atoms with van der Waals surface area (Å²) in [7, 11) is 1.62. The number of ether oxygens (including phenoxy) is 1.